The van der Waals surface area contributed by atoms with Crippen LogP contribution in [-0.4, -0.2) is 5.91 Å². The minimum Gasteiger partial charge on any atom is -0.397 e. The number of hydrogen-bond donors (Lipinski definition) is 3. The zero-order chi connectivity index (χ0) is 22.4. The van der Waals surface area contributed by atoms with Crippen molar-refractivity contribution in [2.24, 2.45) is 0 Å². The molecule has 0 unspecified atom stereocenters. The van der Waals surface area contributed by atoms with Crippen molar-refractivity contribution in [3.63, 3.8) is 0 Å². The summed E-state index contributed by atoms with van der Waals surface area (Å²) in [4.78, 5) is 12.1. The molecule has 1 amide bonds. The summed E-state index contributed by atoms with van der Waals surface area (Å²) in [5.74, 6) is -0.174. The number of anilines is 2. The normalized spacial score (nSPS) is 10.9. The van der Waals surface area contributed by atoms with Gasteiger partial charge in [0, 0.05) is 17.8 Å². The Hall–Kier alpha value is -3.27. The molecule has 0 aliphatic heterocycles. The molecule has 0 aliphatic carbocycles. The zero-order valence-corrected chi connectivity index (χ0v) is 18.7. The van der Waals surface area contributed by atoms with Gasteiger partial charge >= 0.3 is 0 Å². The second-order valence-corrected chi connectivity index (χ2v) is 6.90. The van der Waals surface area contributed by atoms with Crippen LogP contribution in [0, 0.1) is 0 Å². The Morgan fingerprint density at radius 3 is 2.30 bits per heavy atom. The third-order valence-electron chi connectivity index (χ3n) is 4.37. The smallest absolute Gasteiger partial charge is 0.255 e. The highest BCUT2D eigenvalue weighted by Crippen LogP contribution is 2.18. The van der Waals surface area contributed by atoms with Crippen LogP contribution >= 0.6 is 0 Å². The molecule has 0 heterocycles. The second-order valence-electron chi connectivity index (χ2n) is 6.90. The Labute approximate surface area is 181 Å². The highest BCUT2D eigenvalue weighted by Gasteiger charge is 2.07. The van der Waals surface area contributed by atoms with Crippen LogP contribution in [0.1, 0.15) is 56.5 Å². The first-order valence-corrected chi connectivity index (χ1v) is 10.4. The number of carbonyl (C=O) groups excluding carboxylic acids is 1. The van der Waals surface area contributed by atoms with Crippen LogP contribution in [0.15, 0.2) is 84.6 Å². The molecular weight excluding hydrogens is 370 g/mol. The Bertz CT molecular complexity index is 864. The van der Waals surface area contributed by atoms with Gasteiger partial charge in [0.2, 0.25) is 0 Å². The number of allylic oxidation sites excluding steroid dienone is 5. The Morgan fingerprint density at radius 2 is 1.77 bits per heavy atom. The van der Waals surface area contributed by atoms with E-state index in [4.69, 9.17) is 5.73 Å². The van der Waals surface area contributed by atoms with Gasteiger partial charge in [-0.05, 0) is 56.5 Å². The zero-order valence-electron chi connectivity index (χ0n) is 18.7. The van der Waals surface area contributed by atoms with Crippen LogP contribution in [0.3, 0.4) is 0 Å². The number of benzene rings is 2. The van der Waals surface area contributed by atoms with E-state index in [0.717, 1.165) is 24.1 Å². The van der Waals surface area contributed by atoms with E-state index in [0.29, 0.717) is 23.5 Å². The summed E-state index contributed by atoms with van der Waals surface area (Å²) in [5, 5.41) is 5.95. The van der Waals surface area contributed by atoms with Crippen molar-refractivity contribution in [3.05, 3.63) is 95.7 Å². The molecule has 160 valence electrons. The number of carbonyl (C=O) groups is 1. The molecule has 0 fully saturated rings. The summed E-state index contributed by atoms with van der Waals surface area (Å²) < 4.78 is 0. The fourth-order valence-electron chi connectivity index (χ4n) is 2.52. The maximum atomic E-state index is 12.1. The summed E-state index contributed by atoms with van der Waals surface area (Å²) >= 11 is 0. The predicted molar refractivity (Wildman–Crippen MR) is 130 cm³/mol. The van der Waals surface area contributed by atoms with E-state index in [1.54, 1.807) is 24.3 Å². The lowest BCUT2D eigenvalue weighted by atomic mass is 10.1. The molecule has 4 nitrogen and oxygen atoms in total. The molecule has 0 aromatic heterocycles. The summed E-state index contributed by atoms with van der Waals surface area (Å²) in [7, 11) is 0. The van der Waals surface area contributed by atoms with E-state index in [-0.39, 0.29) is 5.91 Å². The first-order chi connectivity index (χ1) is 14.4. The standard InChI is InChI=1S/C17H19N3O.C9H16/c1-12(2)19-11-13-7-9-14(10-8-13)17(21)20-16-6-4-3-5-15(16)18;1-4-7-8-9(5-2)6-3/h3-10,19H,1,11,18H2,2H3,(H,20,21);5,7-8H,4,6H2,1-3H3/b;8-7-,9-5-. The van der Waals surface area contributed by atoms with Crippen LogP contribution in [0.2, 0.25) is 0 Å². The molecule has 2 aromatic rings. The largest absolute Gasteiger partial charge is 0.397 e. The van der Waals surface area contributed by atoms with Gasteiger partial charge in [0.25, 0.3) is 5.91 Å². The van der Waals surface area contributed by atoms with E-state index in [1.165, 1.54) is 5.57 Å². The minimum atomic E-state index is -0.174. The first-order valence-electron chi connectivity index (χ1n) is 10.4. The monoisotopic (exact) mass is 405 g/mol. The van der Waals surface area contributed by atoms with Crippen molar-refractivity contribution in [1.29, 1.82) is 0 Å². The fraction of sp³-hybridized carbons (Fsp3) is 0.269. The third kappa shape index (κ3) is 9.28. The number of rotatable bonds is 8. The molecule has 0 bridgehead atoms. The Morgan fingerprint density at radius 1 is 1.10 bits per heavy atom. The molecule has 2 aromatic carbocycles. The predicted octanol–water partition coefficient (Wildman–Crippen LogP) is 6.45. The molecule has 4 heteroatoms. The molecule has 2 rings (SSSR count). The van der Waals surface area contributed by atoms with Gasteiger partial charge in [0.15, 0.2) is 0 Å². The number of nitrogens with two attached hydrogens (primary N) is 1. The molecule has 0 atom stereocenters. The van der Waals surface area contributed by atoms with Gasteiger partial charge < -0.3 is 16.4 Å². The molecule has 0 spiro atoms. The van der Waals surface area contributed by atoms with Crippen molar-refractivity contribution in [2.75, 3.05) is 11.1 Å². The Balaban J connectivity index is 0.000000424. The van der Waals surface area contributed by atoms with E-state index < -0.39 is 0 Å². The van der Waals surface area contributed by atoms with Gasteiger partial charge in [0.05, 0.1) is 11.4 Å². The maximum Gasteiger partial charge on any atom is 0.255 e. The van der Waals surface area contributed by atoms with Gasteiger partial charge in [-0.1, -0.05) is 68.5 Å². The average Bonchev–Trinajstić information content (AvgIpc) is 2.75. The number of amides is 1. The lowest BCUT2D eigenvalue weighted by molar-refractivity contribution is 0.102. The average molecular weight is 406 g/mol. The lowest BCUT2D eigenvalue weighted by Crippen LogP contribution is -2.13. The quantitative estimate of drug-likeness (QED) is 0.349. The summed E-state index contributed by atoms with van der Waals surface area (Å²) in [6.45, 7) is 12.8. The molecule has 30 heavy (non-hydrogen) atoms. The van der Waals surface area contributed by atoms with E-state index in [9.17, 15) is 4.79 Å². The van der Waals surface area contributed by atoms with Gasteiger partial charge in [-0.15, -0.1) is 0 Å². The van der Waals surface area contributed by atoms with Crippen LogP contribution in [0.5, 0.6) is 0 Å². The SMILES string of the molecule is C/C=C(\C=C/CC)CC.C=C(C)NCc1ccc(C(=O)Nc2ccccc2N)cc1. The van der Waals surface area contributed by atoms with E-state index >= 15 is 0 Å². The van der Waals surface area contributed by atoms with Gasteiger partial charge in [0.1, 0.15) is 0 Å². The molecule has 4 N–H and O–H groups in total. The maximum absolute atomic E-state index is 12.1. The number of para-hydroxylation sites is 2. The first kappa shape index (κ1) is 24.8. The fourth-order valence-corrected chi connectivity index (χ4v) is 2.52. The van der Waals surface area contributed by atoms with Gasteiger partial charge in [-0.25, -0.2) is 0 Å². The van der Waals surface area contributed by atoms with Gasteiger partial charge in [-0.3, -0.25) is 4.79 Å². The summed E-state index contributed by atoms with van der Waals surface area (Å²) in [6, 6.07) is 14.6. The van der Waals surface area contributed by atoms with Crippen LogP contribution in [-0.2, 0) is 6.54 Å². The molecule has 0 aliphatic rings. The Kier molecular flexibility index (Phi) is 11.4. The number of hydrogen-bond acceptors (Lipinski definition) is 3. The van der Waals surface area contributed by atoms with Gasteiger partial charge in [-0.2, -0.15) is 0 Å². The second kappa shape index (κ2) is 13.8. The van der Waals surface area contributed by atoms with Crippen molar-refractivity contribution in [2.45, 2.75) is 47.1 Å². The van der Waals surface area contributed by atoms with Crippen LogP contribution in [0.25, 0.3) is 0 Å². The molecule has 0 radical (unpaired) electrons. The van der Waals surface area contributed by atoms with Crippen molar-refractivity contribution in [1.82, 2.24) is 5.32 Å². The third-order valence-corrected chi connectivity index (χ3v) is 4.37. The number of nitrogen functional groups attached to an aromatic ring is 1. The van der Waals surface area contributed by atoms with Crippen LogP contribution in [0.4, 0.5) is 11.4 Å². The summed E-state index contributed by atoms with van der Waals surface area (Å²) in [6.07, 6.45) is 8.83. The highest BCUT2D eigenvalue weighted by atomic mass is 16.1. The van der Waals surface area contributed by atoms with Crippen molar-refractivity contribution in [3.8, 4) is 0 Å². The molecular formula is C26H35N3O. The van der Waals surface area contributed by atoms with E-state index in [2.05, 4.69) is 56.2 Å². The van der Waals surface area contributed by atoms with Crippen LogP contribution < -0.4 is 16.4 Å². The summed E-state index contributed by atoms with van der Waals surface area (Å²) in [5.41, 5.74) is 11.0. The van der Waals surface area contributed by atoms with E-state index in [1.807, 2.05) is 31.2 Å². The van der Waals surface area contributed by atoms with Crippen molar-refractivity contribution < 1.29 is 4.79 Å². The number of nitrogens with one attached hydrogen (secondary N) is 2. The topological polar surface area (TPSA) is 67.2 Å². The highest BCUT2D eigenvalue weighted by molar-refractivity contribution is 6.05. The van der Waals surface area contributed by atoms with Crippen molar-refractivity contribution >= 4 is 17.3 Å². The molecule has 0 saturated carbocycles. The minimum absolute atomic E-state index is 0.174. The lowest BCUT2D eigenvalue weighted by Gasteiger charge is -2.09. The molecule has 0 saturated heterocycles.